The van der Waals surface area contributed by atoms with Crippen molar-refractivity contribution in [3.63, 3.8) is 0 Å². The van der Waals surface area contributed by atoms with E-state index in [-0.39, 0.29) is 24.6 Å². The number of amides is 1. The van der Waals surface area contributed by atoms with Crippen molar-refractivity contribution in [2.24, 2.45) is 0 Å². The third kappa shape index (κ3) is 4.48. The minimum atomic E-state index is -0.739. The van der Waals surface area contributed by atoms with Crippen LogP contribution in [0.5, 0.6) is 0 Å². The Kier molecular flexibility index (Phi) is 6.01. The summed E-state index contributed by atoms with van der Waals surface area (Å²) in [4.78, 5) is 38.1. The summed E-state index contributed by atoms with van der Waals surface area (Å²) in [5.41, 5.74) is 0.330. The highest BCUT2D eigenvalue weighted by molar-refractivity contribution is 5.91. The maximum Gasteiger partial charge on any atom is 0.352 e. The Labute approximate surface area is 166 Å². The molecule has 0 fully saturated rings. The van der Waals surface area contributed by atoms with E-state index < -0.39 is 17.2 Å². The molecule has 0 unspecified atom stereocenters. The summed E-state index contributed by atoms with van der Waals surface area (Å²) in [5, 5.41) is 6.65. The lowest BCUT2D eigenvalue weighted by molar-refractivity contribution is 0.0941. The normalized spacial score (nSPS) is 10.7. The van der Waals surface area contributed by atoms with E-state index in [0.717, 1.165) is 14.8 Å². The molecule has 0 aliphatic carbocycles. The minimum absolute atomic E-state index is 0.0948. The SMILES string of the molecule is CCCn1c(=O)c(C(=O)NCc2ccc(F)cc2)nn(-c2cccc(C)c2)c1=O. The second-order valence-corrected chi connectivity index (χ2v) is 6.65. The molecular formula is C21H21FN4O3. The van der Waals surface area contributed by atoms with Gasteiger partial charge in [-0.1, -0.05) is 31.2 Å². The minimum Gasteiger partial charge on any atom is -0.346 e. The predicted molar refractivity (Wildman–Crippen MR) is 107 cm³/mol. The number of aryl methyl sites for hydroxylation is 1. The number of aromatic nitrogens is 3. The molecule has 150 valence electrons. The Bertz CT molecular complexity index is 1150. The molecule has 0 bridgehead atoms. The van der Waals surface area contributed by atoms with Crippen LogP contribution in [0.15, 0.2) is 58.1 Å². The van der Waals surface area contributed by atoms with Gasteiger partial charge in [0.2, 0.25) is 5.69 Å². The number of carbonyl (C=O) groups excluding carboxylic acids is 1. The van der Waals surface area contributed by atoms with Crippen LogP contribution < -0.4 is 16.6 Å². The highest BCUT2D eigenvalue weighted by Gasteiger charge is 2.20. The Morgan fingerprint density at radius 3 is 2.52 bits per heavy atom. The summed E-state index contributed by atoms with van der Waals surface area (Å²) in [6, 6.07) is 12.7. The molecule has 0 spiro atoms. The molecule has 0 saturated carbocycles. The Balaban J connectivity index is 2.00. The first-order valence-electron chi connectivity index (χ1n) is 9.24. The van der Waals surface area contributed by atoms with E-state index in [1.54, 1.807) is 18.2 Å². The molecule has 1 heterocycles. The Hall–Kier alpha value is -3.55. The van der Waals surface area contributed by atoms with E-state index in [4.69, 9.17) is 0 Å². The lowest BCUT2D eigenvalue weighted by Gasteiger charge is -2.12. The van der Waals surface area contributed by atoms with Gasteiger partial charge in [-0.05, 0) is 48.7 Å². The molecular weight excluding hydrogens is 375 g/mol. The molecule has 0 radical (unpaired) electrons. The number of halogens is 1. The number of rotatable bonds is 6. The van der Waals surface area contributed by atoms with Gasteiger partial charge in [-0.2, -0.15) is 9.78 Å². The topological polar surface area (TPSA) is 86.0 Å². The number of hydrogen-bond donors (Lipinski definition) is 1. The van der Waals surface area contributed by atoms with Crippen molar-refractivity contribution in [2.45, 2.75) is 33.4 Å². The van der Waals surface area contributed by atoms with E-state index in [1.807, 2.05) is 19.9 Å². The zero-order valence-electron chi connectivity index (χ0n) is 16.2. The predicted octanol–water partition coefficient (Wildman–Crippen LogP) is 2.18. The first-order valence-corrected chi connectivity index (χ1v) is 9.24. The summed E-state index contributed by atoms with van der Waals surface area (Å²) in [7, 11) is 0. The zero-order valence-corrected chi connectivity index (χ0v) is 16.2. The lowest BCUT2D eigenvalue weighted by Crippen LogP contribution is -2.45. The highest BCUT2D eigenvalue weighted by atomic mass is 19.1. The molecule has 0 aliphatic rings. The Morgan fingerprint density at radius 2 is 1.86 bits per heavy atom. The fourth-order valence-corrected chi connectivity index (χ4v) is 2.87. The summed E-state index contributed by atoms with van der Waals surface area (Å²) in [5.74, 6) is -1.08. The van der Waals surface area contributed by atoms with Crippen LogP contribution in [0.1, 0.15) is 35.0 Å². The van der Waals surface area contributed by atoms with E-state index in [0.29, 0.717) is 17.7 Å². The molecule has 29 heavy (non-hydrogen) atoms. The van der Waals surface area contributed by atoms with Crippen LogP contribution in [-0.2, 0) is 13.1 Å². The summed E-state index contributed by atoms with van der Waals surface area (Å²) in [6.45, 7) is 3.96. The zero-order chi connectivity index (χ0) is 21.0. The number of hydrogen-bond acceptors (Lipinski definition) is 4. The van der Waals surface area contributed by atoms with Crippen molar-refractivity contribution < 1.29 is 9.18 Å². The third-order valence-electron chi connectivity index (χ3n) is 4.33. The van der Waals surface area contributed by atoms with Crippen molar-refractivity contribution in [3.05, 3.63) is 92.0 Å². The van der Waals surface area contributed by atoms with Crippen LogP contribution in [-0.4, -0.2) is 20.3 Å². The number of carbonyl (C=O) groups is 1. The van der Waals surface area contributed by atoms with Crippen molar-refractivity contribution in [1.29, 1.82) is 0 Å². The molecule has 2 aromatic carbocycles. The molecule has 3 aromatic rings. The van der Waals surface area contributed by atoms with Gasteiger partial charge in [0, 0.05) is 13.1 Å². The molecule has 0 atom stereocenters. The van der Waals surface area contributed by atoms with Crippen LogP contribution in [0.3, 0.4) is 0 Å². The van der Waals surface area contributed by atoms with E-state index in [2.05, 4.69) is 10.4 Å². The molecule has 7 nitrogen and oxygen atoms in total. The number of benzene rings is 2. The summed E-state index contributed by atoms with van der Waals surface area (Å²) >= 11 is 0. The van der Waals surface area contributed by atoms with Crippen LogP contribution in [0.2, 0.25) is 0 Å². The van der Waals surface area contributed by atoms with E-state index in [9.17, 15) is 18.8 Å². The van der Waals surface area contributed by atoms with Crippen LogP contribution in [0.25, 0.3) is 5.69 Å². The first-order chi connectivity index (χ1) is 13.9. The largest absolute Gasteiger partial charge is 0.352 e. The standard InChI is InChI=1S/C21H21FN4O3/c1-3-11-25-20(28)18(19(27)23-13-15-7-9-16(22)10-8-15)24-26(21(25)29)17-6-4-5-14(2)12-17/h4-10,12H,3,11,13H2,1-2H3,(H,23,27). The van der Waals surface area contributed by atoms with Gasteiger partial charge in [-0.15, -0.1) is 0 Å². The van der Waals surface area contributed by atoms with Gasteiger partial charge in [-0.3, -0.25) is 14.2 Å². The fraction of sp³-hybridized carbons (Fsp3) is 0.238. The third-order valence-corrected chi connectivity index (χ3v) is 4.33. The average Bonchev–Trinajstić information content (AvgIpc) is 2.70. The molecule has 8 heteroatoms. The van der Waals surface area contributed by atoms with Gasteiger partial charge < -0.3 is 5.32 Å². The quantitative estimate of drug-likeness (QED) is 0.692. The average molecular weight is 396 g/mol. The molecule has 1 amide bonds. The van der Waals surface area contributed by atoms with E-state index >= 15 is 0 Å². The highest BCUT2D eigenvalue weighted by Crippen LogP contribution is 2.07. The molecule has 0 aliphatic heterocycles. The van der Waals surface area contributed by atoms with Gasteiger partial charge in [0.1, 0.15) is 5.82 Å². The smallest absolute Gasteiger partial charge is 0.346 e. The van der Waals surface area contributed by atoms with Crippen molar-refractivity contribution in [3.8, 4) is 5.69 Å². The molecule has 1 N–H and O–H groups in total. The summed E-state index contributed by atoms with van der Waals surface area (Å²) in [6.07, 6.45) is 0.545. The maximum atomic E-state index is 13.0. The second-order valence-electron chi connectivity index (χ2n) is 6.65. The fourth-order valence-electron chi connectivity index (χ4n) is 2.87. The second kappa shape index (κ2) is 8.64. The van der Waals surface area contributed by atoms with E-state index in [1.165, 1.54) is 24.3 Å². The van der Waals surface area contributed by atoms with Crippen LogP contribution in [0.4, 0.5) is 4.39 Å². The van der Waals surface area contributed by atoms with Gasteiger partial charge in [0.25, 0.3) is 11.5 Å². The number of nitrogens with zero attached hydrogens (tertiary/aromatic N) is 3. The Morgan fingerprint density at radius 1 is 1.14 bits per heavy atom. The monoisotopic (exact) mass is 396 g/mol. The van der Waals surface area contributed by atoms with Crippen LogP contribution >= 0.6 is 0 Å². The number of nitrogens with one attached hydrogen (secondary N) is 1. The maximum absolute atomic E-state index is 13.0. The van der Waals surface area contributed by atoms with Crippen molar-refractivity contribution in [1.82, 2.24) is 19.7 Å². The first kappa shape index (κ1) is 20.2. The lowest BCUT2D eigenvalue weighted by atomic mass is 10.2. The molecule has 1 aromatic heterocycles. The van der Waals surface area contributed by atoms with Gasteiger partial charge in [0.05, 0.1) is 5.69 Å². The van der Waals surface area contributed by atoms with Crippen molar-refractivity contribution >= 4 is 5.91 Å². The summed E-state index contributed by atoms with van der Waals surface area (Å²) < 4.78 is 15.1. The van der Waals surface area contributed by atoms with Gasteiger partial charge in [0.15, 0.2) is 0 Å². The van der Waals surface area contributed by atoms with Crippen LogP contribution in [0, 0.1) is 12.7 Å². The van der Waals surface area contributed by atoms with Crippen molar-refractivity contribution in [2.75, 3.05) is 0 Å². The molecule has 3 rings (SSSR count). The molecule has 0 saturated heterocycles. The van der Waals surface area contributed by atoms with Gasteiger partial charge >= 0.3 is 5.69 Å². The van der Waals surface area contributed by atoms with Gasteiger partial charge in [-0.25, -0.2) is 9.18 Å².